The van der Waals surface area contributed by atoms with Gasteiger partial charge in [0.1, 0.15) is 0 Å². The van der Waals surface area contributed by atoms with Crippen LogP contribution in [-0.4, -0.2) is 37.6 Å². The number of amides is 1. The van der Waals surface area contributed by atoms with Crippen LogP contribution in [0, 0.1) is 0 Å². The number of benzene rings is 2. The summed E-state index contributed by atoms with van der Waals surface area (Å²) >= 11 is 5.84. The minimum atomic E-state index is -3.44. The number of carbonyl (C=O) groups is 1. The van der Waals surface area contributed by atoms with E-state index in [0.29, 0.717) is 24.4 Å². The van der Waals surface area contributed by atoms with Crippen molar-refractivity contribution in [2.24, 2.45) is 0 Å². The van der Waals surface area contributed by atoms with Crippen molar-refractivity contribution in [3.8, 4) is 0 Å². The van der Waals surface area contributed by atoms with Gasteiger partial charge in [-0.1, -0.05) is 41.9 Å². The number of aryl methyl sites for hydroxylation is 1. The highest BCUT2D eigenvalue weighted by Gasteiger charge is 2.35. The van der Waals surface area contributed by atoms with Gasteiger partial charge in [-0.05, 0) is 55.5 Å². The quantitative estimate of drug-likeness (QED) is 0.651. The van der Waals surface area contributed by atoms with Crippen molar-refractivity contribution in [1.82, 2.24) is 4.90 Å². The molecule has 1 heterocycles. The number of hydrogen-bond donors (Lipinski definition) is 0. The van der Waals surface area contributed by atoms with E-state index in [1.54, 1.807) is 17.0 Å². The average Bonchev–Trinajstić information content (AvgIpc) is 3.17. The standard InChI is InChI=1S/C21H24ClNO3S/c22-18-10-12-19(13-11-18)27(25,26)20-14-15-23(16-20)21(24)9-5-4-8-17-6-2-1-3-7-17/h1-3,6-7,10-13,20H,4-5,8-9,14-16H2. The molecule has 1 atom stereocenters. The zero-order valence-electron chi connectivity index (χ0n) is 15.2. The van der Waals surface area contributed by atoms with Gasteiger partial charge in [-0.15, -0.1) is 0 Å². The summed E-state index contributed by atoms with van der Waals surface area (Å²) in [6, 6.07) is 16.4. The van der Waals surface area contributed by atoms with Crippen molar-refractivity contribution in [2.75, 3.05) is 13.1 Å². The number of rotatable bonds is 7. The van der Waals surface area contributed by atoms with Crippen molar-refractivity contribution >= 4 is 27.3 Å². The number of nitrogens with zero attached hydrogens (tertiary/aromatic N) is 1. The Kier molecular flexibility index (Phi) is 6.55. The molecule has 4 nitrogen and oxygen atoms in total. The molecular weight excluding hydrogens is 382 g/mol. The predicted molar refractivity (Wildman–Crippen MR) is 108 cm³/mol. The largest absolute Gasteiger partial charge is 0.341 e. The number of sulfone groups is 1. The molecule has 0 radical (unpaired) electrons. The summed E-state index contributed by atoms with van der Waals surface area (Å²) in [5.41, 5.74) is 1.28. The molecule has 27 heavy (non-hydrogen) atoms. The van der Waals surface area contributed by atoms with Crippen LogP contribution in [0.2, 0.25) is 5.02 Å². The summed E-state index contributed by atoms with van der Waals surface area (Å²) in [4.78, 5) is 14.4. The lowest BCUT2D eigenvalue weighted by Gasteiger charge is -2.17. The molecule has 0 aromatic heterocycles. The van der Waals surface area contributed by atoms with Gasteiger partial charge in [0, 0.05) is 24.5 Å². The Morgan fingerprint density at radius 3 is 2.44 bits per heavy atom. The maximum atomic E-state index is 12.8. The van der Waals surface area contributed by atoms with Gasteiger partial charge in [0.15, 0.2) is 9.84 Å². The SMILES string of the molecule is O=C(CCCCc1ccccc1)N1CCC(S(=O)(=O)c2ccc(Cl)cc2)C1. The van der Waals surface area contributed by atoms with E-state index < -0.39 is 15.1 Å². The minimum absolute atomic E-state index is 0.0527. The van der Waals surface area contributed by atoms with E-state index in [-0.39, 0.29) is 17.3 Å². The second kappa shape index (κ2) is 8.89. The monoisotopic (exact) mass is 405 g/mol. The first-order valence-electron chi connectivity index (χ1n) is 9.28. The summed E-state index contributed by atoms with van der Waals surface area (Å²) in [6.07, 6.45) is 3.69. The first kappa shape index (κ1) is 19.9. The topological polar surface area (TPSA) is 54.5 Å². The lowest BCUT2D eigenvalue weighted by Crippen LogP contribution is -2.31. The van der Waals surface area contributed by atoms with Crippen molar-refractivity contribution in [3.05, 3.63) is 65.2 Å². The van der Waals surface area contributed by atoms with Gasteiger partial charge in [0.05, 0.1) is 10.1 Å². The zero-order valence-corrected chi connectivity index (χ0v) is 16.8. The molecular formula is C21H24ClNO3S. The second-order valence-electron chi connectivity index (χ2n) is 6.94. The number of hydrogen-bond acceptors (Lipinski definition) is 3. The molecule has 1 aliphatic heterocycles. The van der Waals surface area contributed by atoms with Gasteiger partial charge < -0.3 is 4.90 Å². The number of unbranched alkanes of at least 4 members (excludes halogenated alkanes) is 1. The fourth-order valence-corrected chi connectivity index (χ4v) is 5.25. The lowest BCUT2D eigenvalue weighted by molar-refractivity contribution is -0.130. The highest BCUT2D eigenvalue weighted by Crippen LogP contribution is 2.25. The molecule has 0 spiro atoms. The molecule has 6 heteroatoms. The molecule has 1 unspecified atom stereocenters. The van der Waals surface area contributed by atoms with E-state index in [0.717, 1.165) is 19.3 Å². The molecule has 1 aliphatic rings. The van der Waals surface area contributed by atoms with Crippen LogP contribution in [0.15, 0.2) is 59.5 Å². The number of carbonyl (C=O) groups excluding carboxylic acids is 1. The second-order valence-corrected chi connectivity index (χ2v) is 9.61. The molecule has 3 rings (SSSR count). The Labute approximate surface area is 166 Å². The third-order valence-corrected chi connectivity index (χ3v) is 7.47. The molecule has 2 aromatic rings. The normalized spacial score (nSPS) is 17.2. The van der Waals surface area contributed by atoms with Crippen LogP contribution in [0.3, 0.4) is 0 Å². The van der Waals surface area contributed by atoms with Crippen LogP contribution < -0.4 is 0 Å². The molecule has 0 bridgehead atoms. The van der Waals surface area contributed by atoms with E-state index in [2.05, 4.69) is 12.1 Å². The van der Waals surface area contributed by atoms with E-state index >= 15 is 0 Å². The molecule has 0 aliphatic carbocycles. The lowest BCUT2D eigenvalue weighted by atomic mass is 10.1. The first-order valence-corrected chi connectivity index (χ1v) is 11.2. The molecule has 1 saturated heterocycles. The number of likely N-dealkylation sites (tertiary alicyclic amines) is 1. The van der Waals surface area contributed by atoms with E-state index in [4.69, 9.17) is 11.6 Å². The summed E-state index contributed by atoms with van der Waals surface area (Å²) in [7, 11) is -3.44. The van der Waals surface area contributed by atoms with Crippen LogP contribution in [0.4, 0.5) is 0 Å². The predicted octanol–water partition coefficient (Wildman–Crippen LogP) is 4.13. The van der Waals surface area contributed by atoms with Gasteiger partial charge in [-0.25, -0.2) is 8.42 Å². The fourth-order valence-electron chi connectivity index (χ4n) is 3.43. The van der Waals surface area contributed by atoms with Crippen LogP contribution >= 0.6 is 11.6 Å². The Bertz CT molecular complexity index is 866. The zero-order chi connectivity index (χ0) is 19.3. The number of halogens is 1. The summed E-state index contributed by atoms with van der Waals surface area (Å²) in [6.45, 7) is 0.789. The first-order chi connectivity index (χ1) is 13.0. The van der Waals surface area contributed by atoms with Gasteiger partial charge in [0.2, 0.25) is 5.91 Å². The molecule has 0 N–H and O–H groups in total. The van der Waals surface area contributed by atoms with Crippen LogP contribution in [0.5, 0.6) is 0 Å². The maximum Gasteiger partial charge on any atom is 0.222 e. The summed E-state index contributed by atoms with van der Waals surface area (Å²) in [5, 5.41) is -0.0281. The van der Waals surface area contributed by atoms with E-state index in [1.807, 2.05) is 18.2 Å². The maximum absolute atomic E-state index is 12.8. The Balaban J connectivity index is 1.48. The van der Waals surface area contributed by atoms with E-state index in [9.17, 15) is 13.2 Å². The van der Waals surface area contributed by atoms with E-state index in [1.165, 1.54) is 17.7 Å². The van der Waals surface area contributed by atoms with Crippen molar-refractivity contribution < 1.29 is 13.2 Å². The average molecular weight is 406 g/mol. The van der Waals surface area contributed by atoms with Gasteiger partial charge in [-0.2, -0.15) is 0 Å². The van der Waals surface area contributed by atoms with Gasteiger partial charge >= 0.3 is 0 Å². The molecule has 144 valence electrons. The summed E-state index contributed by atoms with van der Waals surface area (Å²) < 4.78 is 25.5. The van der Waals surface area contributed by atoms with Crippen molar-refractivity contribution in [2.45, 2.75) is 42.2 Å². The molecule has 1 fully saturated rings. The van der Waals surface area contributed by atoms with Gasteiger partial charge in [-0.3, -0.25) is 4.79 Å². The third-order valence-electron chi connectivity index (χ3n) is 5.03. The smallest absolute Gasteiger partial charge is 0.222 e. The van der Waals surface area contributed by atoms with Crippen LogP contribution in [0.1, 0.15) is 31.2 Å². The Morgan fingerprint density at radius 2 is 1.74 bits per heavy atom. The van der Waals surface area contributed by atoms with Crippen LogP contribution in [0.25, 0.3) is 0 Å². The van der Waals surface area contributed by atoms with Crippen LogP contribution in [-0.2, 0) is 21.1 Å². The highest BCUT2D eigenvalue weighted by molar-refractivity contribution is 7.92. The van der Waals surface area contributed by atoms with Gasteiger partial charge in [0.25, 0.3) is 0 Å². The third kappa shape index (κ3) is 5.11. The Hall–Kier alpha value is -1.85. The molecule has 2 aromatic carbocycles. The fraction of sp³-hybridized carbons (Fsp3) is 0.381. The van der Waals surface area contributed by atoms with Crippen molar-refractivity contribution in [3.63, 3.8) is 0 Å². The highest BCUT2D eigenvalue weighted by atomic mass is 35.5. The van der Waals surface area contributed by atoms with Crippen molar-refractivity contribution in [1.29, 1.82) is 0 Å². The molecule has 1 amide bonds. The summed E-state index contributed by atoms with van der Waals surface area (Å²) in [5.74, 6) is 0.0527. The minimum Gasteiger partial charge on any atom is -0.341 e. The Morgan fingerprint density at radius 1 is 1.04 bits per heavy atom. The molecule has 0 saturated carbocycles.